The summed E-state index contributed by atoms with van der Waals surface area (Å²) in [5.41, 5.74) is -0.623. The van der Waals surface area contributed by atoms with Gasteiger partial charge in [0, 0.05) is 5.56 Å². The van der Waals surface area contributed by atoms with Crippen LogP contribution in [0.25, 0.3) is 11.3 Å². The van der Waals surface area contributed by atoms with E-state index in [-0.39, 0.29) is 23.4 Å². The first kappa shape index (κ1) is 16.7. The molecule has 0 radical (unpaired) electrons. The lowest BCUT2D eigenvalue weighted by atomic mass is 10.0. The number of hydrogen-bond acceptors (Lipinski definition) is 4. The maximum absolute atomic E-state index is 13.4. The maximum Gasteiger partial charge on any atom is 0.573 e. The van der Waals surface area contributed by atoms with Crippen LogP contribution in [0.1, 0.15) is 17.3 Å². The van der Waals surface area contributed by atoms with Crippen molar-refractivity contribution < 1.29 is 31.8 Å². The predicted molar refractivity (Wildman–Crippen MR) is 72.3 cm³/mol. The van der Waals surface area contributed by atoms with Crippen LogP contribution in [-0.4, -0.2) is 23.9 Å². The Morgan fingerprint density at radius 1 is 1.17 bits per heavy atom. The zero-order valence-corrected chi connectivity index (χ0v) is 11.9. The summed E-state index contributed by atoms with van der Waals surface area (Å²) in [6.45, 7) is 1.62. The standard InChI is InChI=1S/C15H11F4NO3/c1-2-22-14(21)10-7-8-12(16)20-13(10)9-5-3-4-6-11(9)23-15(17,18)19/h3-8H,2H2,1H3. The number of nitrogens with zero attached hydrogens (tertiary/aromatic N) is 1. The Balaban J connectivity index is 2.58. The fraction of sp³-hybridized carbons (Fsp3) is 0.200. The number of benzene rings is 1. The molecule has 0 unspecified atom stereocenters. The van der Waals surface area contributed by atoms with Crippen LogP contribution in [0.15, 0.2) is 36.4 Å². The third-order valence-corrected chi connectivity index (χ3v) is 2.72. The van der Waals surface area contributed by atoms with Gasteiger partial charge in [-0.1, -0.05) is 12.1 Å². The molecule has 0 fully saturated rings. The first-order chi connectivity index (χ1) is 10.8. The highest BCUT2D eigenvalue weighted by molar-refractivity contribution is 5.96. The summed E-state index contributed by atoms with van der Waals surface area (Å²) >= 11 is 0. The number of ether oxygens (including phenoxy) is 2. The Morgan fingerprint density at radius 3 is 2.52 bits per heavy atom. The molecule has 0 bridgehead atoms. The van der Waals surface area contributed by atoms with E-state index in [1.54, 1.807) is 6.92 Å². The molecule has 0 aliphatic heterocycles. The molecule has 2 rings (SSSR count). The molecule has 0 aliphatic rings. The van der Waals surface area contributed by atoms with Crippen molar-refractivity contribution >= 4 is 5.97 Å². The van der Waals surface area contributed by atoms with Gasteiger partial charge >= 0.3 is 12.3 Å². The lowest BCUT2D eigenvalue weighted by molar-refractivity contribution is -0.274. The van der Waals surface area contributed by atoms with Gasteiger partial charge in [0.05, 0.1) is 17.9 Å². The van der Waals surface area contributed by atoms with Crippen molar-refractivity contribution in [3.05, 3.63) is 47.9 Å². The average Bonchev–Trinajstić information content (AvgIpc) is 2.46. The molecule has 0 saturated carbocycles. The average molecular weight is 329 g/mol. The first-order valence-electron chi connectivity index (χ1n) is 6.50. The van der Waals surface area contributed by atoms with Crippen LogP contribution in [-0.2, 0) is 4.74 Å². The molecule has 1 aromatic carbocycles. The highest BCUT2D eigenvalue weighted by Gasteiger charge is 2.33. The van der Waals surface area contributed by atoms with Crippen molar-refractivity contribution in [3.8, 4) is 17.0 Å². The molecule has 0 saturated heterocycles. The third-order valence-electron chi connectivity index (χ3n) is 2.72. The fourth-order valence-corrected chi connectivity index (χ4v) is 1.89. The molecule has 4 nitrogen and oxygen atoms in total. The van der Waals surface area contributed by atoms with Crippen LogP contribution in [0.2, 0.25) is 0 Å². The Labute approximate surface area is 128 Å². The number of pyridine rings is 1. The van der Waals surface area contributed by atoms with Crippen molar-refractivity contribution in [3.63, 3.8) is 0 Å². The molecule has 23 heavy (non-hydrogen) atoms. The van der Waals surface area contributed by atoms with Gasteiger partial charge in [-0.05, 0) is 31.2 Å². The number of aromatic nitrogens is 1. The van der Waals surface area contributed by atoms with Crippen LogP contribution >= 0.6 is 0 Å². The quantitative estimate of drug-likeness (QED) is 0.484. The lowest BCUT2D eigenvalue weighted by Gasteiger charge is -2.14. The van der Waals surface area contributed by atoms with E-state index >= 15 is 0 Å². The molecule has 0 spiro atoms. The van der Waals surface area contributed by atoms with Crippen LogP contribution in [0, 0.1) is 5.95 Å². The van der Waals surface area contributed by atoms with E-state index in [4.69, 9.17) is 4.74 Å². The number of esters is 1. The number of carbonyl (C=O) groups is 1. The Hall–Kier alpha value is -2.64. The molecule has 1 aromatic heterocycles. The Morgan fingerprint density at radius 2 is 1.87 bits per heavy atom. The minimum Gasteiger partial charge on any atom is -0.462 e. The zero-order valence-electron chi connectivity index (χ0n) is 11.9. The summed E-state index contributed by atoms with van der Waals surface area (Å²) < 4.78 is 59.6. The van der Waals surface area contributed by atoms with Gasteiger partial charge in [0.25, 0.3) is 0 Å². The van der Waals surface area contributed by atoms with Gasteiger partial charge in [0.2, 0.25) is 5.95 Å². The molecule has 0 amide bonds. The molecule has 8 heteroatoms. The molecule has 0 N–H and O–H groups in total. The second-order valence-corrected chi connectivity index (χ2v) is 4.29. The third kappa shape index (κ3) is 4.18. The van der Waals surface area contributed by atoms with Gasteiger partial charge in [0.1, 0.15) is 5.75 Å². The van der Waals surface area contributed by atoms with E-state index in [1.807, 2.05) is 0 Å². The van der Waals surface area contributed by atoms with E-state index in [1.165, 1.54) is 18.2 Å². The predicted octanol–water partition coefficient (Wildman–Crippen LogP) is 3.96. The van der Waals surface area contributed by atoms with Crippen molar-refractivity contribution in [2.45, 2.75) is 13.3 Å². The number of alkyl halides is 3. The number of halogens is 4. The summed E-state index contributed by atoms with van der Waals surface area (Å²) in [7, 11) is 0. The number of hydrogen-bond donors (Lipinski definition) is 0. The van der Waals surface area contributed by atoms with Crippen molar-refractivity contribution in [2.24, 2.45) is 0 Å². The fourth-order valence-electron chi connectivity index (χ4n) is 1.89. The van der Waals surface area contributed by atoms with E-state index in [0.717, 1.165) is 18.2 Å². The molecule has 1 heterocycles. The van der Waals surface area contributed by atoms with Crippen molar-refractivity contribution in [2.75, 3.05) is 6.61 Å². The summed E-state index contributed by atoms with van der Waals surface area (Å²) in [5.74, 6) is -2.37. The zero-order chi connectivity index (χ0) is 17.0. The van der Waals surface area contributed by atoms with E-state index in [9.17, 15) is 22.4 Å². The summed E-state index contributed by atoms with van der Waals surface area (Å²) in [6.07, 6.45) is -4.94. The smallest absolute Gasteiger partial charge is 0.462 e. The Bertz CT molecular complexity index is 716. The van der Waals surface area contributed by atoms with Gasteiger partial charge in [0.15, 0.2) is 0 Å². The van der Waals surface area contributed by atoms with Crippen LogP contribution in [0.3, 0.4) is 0 Å². The summed E-state index contributed by atoms with van der Waals surface area (Å²) in [4.78, 5) is 15.4. The first-order valence-corrected chi connectivity index (χ1v) is 6.50. The monoisotopic (exact) mass is 329 g/mol. The van der Waals surface area contributed by atoms with Gasteiger partial charge in [-0.25, -0.2) is 9.78 Å². The summed E-state index contributed by atoms with van der Waals surface area (Å²) in [6, 6.07) is 7.03. The second kappa shape index (κ2) is 6.64. The van der Waals surface area contributed by atoms with Crippen LogP contribution in [0.4, 0.5) is 17.6 Å². The highest BCUT2D eigenvalue weighted by Crippen LogP contribution is 2.34. The number of rotatable bonds is 4. The molecule has 0 aliphatic carbocycles. The lowest BCUT2D eigenvalue weighted by Crippen LogP contribution is -2.18. The molecule has 2 aromatic rings. The highest BCUT2D eigenvalue weighted by atomic mass is 19.4. The number of para-hydroxylation sites is 1. The normalized spacial score (nSPS) is 11.2. The van der Waals surface area contributed by atoms with Crippen molar-refractivity contribution in [1.29, 1.82) is 0 Å². The molecular weight excluding hydrogens is 318 g/mol. The van der Waals surface area contributed by atoms with Gasteiger partial charge in [-0.2, -0.15) is 4.39 Å². The topological polar surface area (TPSA) is 48.4 Å². The van der Waals surface area contributed by atoms with Crippen LogP contribution < -0.4 is 4.74 Å². The van der Waals surface area contributed by atoms with E-state index < -0.39 is 24.0 Å². The van der Waals surface area contributed by atoms with E-state index in [0.29, 0.717) is 0 Å². The Kier molecular flexibility index (Phi) is 4.83. The SMILES string of the molecule is CCOC(=O)c1ccc(F)nc1-c1ccccc1OC(F)(F)F. The van der Waals surface area contributed by atoms with Crippen molar-refractivity contribution in [1.82, 2.24) is 4.98 Å². The molecule has 122 valence electrons. The molecule has 0 atom stereocenters. The van der Waals surface area contributed by atoms with Gasteiger partial charge < -0.3 is 9.47 Å². The van der Waals surface area contributed by atoms with E-state index in [2.05, 4.69) is 9.72 Å². The minimum atomic E-state index is -4.94. The molecular formula is C15H11F4NO3. The second-order valence-electron chi connectivity index (χ2n) is 4.29. The van der Waals surface area contributed by atoms with Crippen LogP contribution in [0.5, 0.6) is 5.75 Å². The maximum atomic E-state index is 13.4. The summed E-state index contributed by atoms with van der Waals surface area (Å²) in [5, 5.41) is 0. The number of carbonyl (C=O) groups excluding carboxylic acids is 1. The minimum absolute atomic E-state index is 0.0519. The van der Waals surface area contributed by atoms with Gasteiger partial charge in [-0.15, -0.1) is 13.2 Å². The van der Waals surface area contributed by atoms with Gasteiger partial charge in [-0.3, -0.25) is 0 Å². The largest absolute Gasteiger partial charge is 0.573 e.